The van der Waals surface area contributed by atoms with Crippen molar-refractivity contribution >= 4 is 45.7 Å². The number of halogens is 1. The molecule has 0 radical (unpaired) electrons. The summed E-state index contributed by atoms with van der Waals surface area (Å²) >= 11 is 6.41. The average molecular weight is 456 g/mol. The van der Waals surface area contributed by atoms with Crippen LogP contribution in [0.5, 0.6) is 5.75 Å². The van der Waals surface area contributed by atoms with Crippen LogP contribution in [0.4, 0.5) is 17.3 Å². The number of carbonyl (C=O) groups excluding carboxylic acids is 1. The number of amides is 1. The Labute approximate surface area is 191 Å². The van der Waals surface area contributed by atoms with Gasteiger partial charge in [0.15, 0.2) is 18.2 Å². The molecular formula is C23H26ClN5O3. The van der Waals surface area contributed by atoms with E-state index < -0.39 is 0 Å². The molecule has 1 amide bonds. The van der Waals surface area contributed by atoms with Crippen molar-refractivity contribution in [2.24, 2.45) is 7.05 Å². The van der Waals surface area contributed by atoms with Gasteiger partial charge in [-0.2, -0.15) is 0 Å². The predicted molar refractivity (Wildman–Crippen MR) is 127 cm³/mol. The molecule has 0 spiro atoms. The van der Waals surface area contributed by atoms with E-state index in [-0.39, 0.29) is 23.8 Å². The van der Waals surface area contributed by atoms with E-state index in [4.69, 9.17) is 21.3 Å². The Morgan fingerprint density at radius 1 is 1.16 bits per heavy atom. The van der Waals surface area contributed by atoms with Crippen molar-refractivity contribution in [3.05, 3.63) is 51.8 Å². The fourth-order valence-corrected chi connectivity index (χ4v) is 3.96. The van der Waals surface area contributed by atoms with E-state index >= 15 is 0 Å². The van der Waals surface area contributed by atoms with Gasteiger partial charge in [-0.15, -0.1) is 0 Å². The molecule has 0 bridgehead atoms. The van der Waals surface area contributed by atoms with Crippen molar-refractivity contribution in [2.75, 3.05) is 37.0 Å². The monoisotopic (exact) mass is 455 g/mol. The molecule has 0 aliphatic carbocycles. The zero-order chi connectivity index (χ0) is 22.7. The Morgan fingerprint density at radius 3 is 2.69 bits per heavy atom. The van der Waals surface area contributed by atoms with Crippen LogP contribution < -0.4 is 25.8 Å². The zero-order valence-electron chi connectivity index (χ0n) is 18.2. The van der Waals surface area contributed by atoms with Crippen LogP contribution in [0.1, 0.15) is 19.3 Å². The molecule has 1 aliphatic rings. The number of carbonyl (C=O) groups is 1. The first-order valence-electron chi connectivity index (χ1n) is 10.6. The number of nitrogens with zero attached hydrogens (tertiary/aromatic N) is 3. The minimum Gasteiger partial charge on any atom is -0.478 e. The molecular weight excluding hydrogens is 430 g/mol. The summed E-state index contributed by atoms with van der Waals surface area (Å²) in [6.45, 7) is 1.77. The van der Waals surface area contributed by atoms with Crippen LogP contribution in [0.3, 0.4) is 0 Å². The molecule has 0 atom stereocenters. The van der Waals surface area contributed by atoms with Crippen molar-refractivity contribution in [3.8, 4) is 5.75 Å². The minimum absolute atomic E-state index is 0.115. The Bertz CT molecular complexity index is 1200. The first-order chi connectivity index (χ1) is 15.5. The molecule has 0 unspecified atom stereocenters. The number of rotatable bonds is 6. The highest BCUT2D eigenvalue weighted by Gasteiger charge is 2.15. The highest BCUT2D eigenvalue weighted by atomic mass is 35.5. The number of hydrogen-bond donors (Lipinski definition) is 2. The van der Waals surface area contributed by atoms with E-state index in [1.54, 1.807) is 13.1 Å². The Morgan fingerprint density at radius 2 is 1.94 bits per heavy atom. The summed E-state index contributed by atoms with van der Waals surface area (Å²) in [6.07, 6.45) is 3.59. The fourth-order valence-electron chi connectivity index (χ4n) is 3.81. The number of pyridine rings is 2. The highest BCUT2D eigenvalue weighted by molar-refractivity contribution is 6.33. The lowest BCUT2D eigenvalue weighted by Gasteiger charge is -2.28. The molecule has 2 aromatic heterocycles. The summed E-state index contributed by atoms with van der Waals surface area (Å²) in [4.78, 5) is 31.1. The number of aryl methyl sites for hydroxylation is 1. The van der Waals surface area contributed by atoms with E-state index in [2.05, 4.69) is 15.5 Å². The molecule has 3 heterocycles. The number of benzene rings is 1. The maximum atomic E-state index is 12.6. The maximum Gasteiger partial charge on any atom is 0.293 e. The normalized spacial score (nSPS) is 13.8. The summed E-state index contributed by atoms with van der Waals surface area (Å²) in [5, 5.41) is 7.08. The second kappa shape index (κ2) is 9.48. The van der Waals surface area contributed by atoms with Crippen LogP contribution in [0.25, 0.3) is 10.9 Å². The summed E-state index contributed by atoms with van der Waals surface area (Å²) in [6, 6.07) is 11.1. The molecule has 32 heavy (non-hydrogen) atoms. The average Bonchev–Trinajstić information content (AvgIpc) is 2.82. The van der Waals surface area contributed by atoms with Crippen molar-refractivity contribution in [2.45, 2.75) is 19.3 Å². The molecule has 168 valence electrons. The molecule has 8 nitrogen and oxygen atoms in total. The van der Waals surface area contributed by atoms with Crippen LogP contribution in [0.15, 0.2) is 41.2 Å². The molecule has 4 rings (SSSR count). The van der Waals surface area contributed by atoms with E-state index in [0.29, 0.717) is 10.8 Å². The lowest BCUT2D eigenvalue weighted by Crippen LogP contribution is -2.30. The van der Waals surface area contributed by atoms with Gasteiger partial charge in [-0.05, 0) is 55.7 Å². The Kier molecular flexibility index (Phi) is 6.50. The number of hydrogen-bond acceptors (Lipinski definition) is 6. The number of piperidine rings is 1. The van der Waals surface area contributed by atoms with E-state index in [1.165, 1.54) is 30.9 Å². The lowest BCUT2D eigenvalue weighted by molar-refractivity contribution is -0.122. The first-order valence-corrected chi connectivity index (χ1v) is 11.0. The van der Waals surface area contributed by atoms with E-state index in [9.17, 15) is 9.59 Å². The third-order valence-corrected chi connectivity index (χ3v) is 5.91. The molecule has 0 saturated carbocycles. The third-order valence-electron chi connectivity index (χ3n) is 5.60. The van der Waals surface area contributed by atoms with Crippen molar-refractivity contribution in [1.29, 1.82) is 0 Å². The Hall–Kier alpha value is -3.26. The molecule has 9 heteroatoms. The number of ether oxygens (including phenoxy) is 1. The molecule has 3 aromatic rings. The van der Waals surface area contributed by atoms with Crippen LogP contribution in [-0.4, -0.2) is 42.2 Å². The van der Waals surface area contributed by atoms with Gasteiger partial charge in [0.05, 0.1) is 10.5 Å². The van der Waals surface area contributed by atoms with Gasteiger partial charge in [0.1, 0.15) is 5.82 Å². The SMILES string of the molecule is CNC(=O)COc1cc2cc(Nc3nc(N4CCCCC4)ccc3Cl)ccc2n(C)c1=O. The van der Waals surface area contributed by atoms with Gasteiger partial charge >= 0.3 is 0 Å². The van der Waals surface area contributed by atoms with E-state index in [1.807, 2.05) is 30.3 Å². The van der Waals surface area contributed by atoms with Gasteiger partial charge in [0.25, 0.3) is 11.5 Å². The summed E-state index contributed by atoms with van der Waals surface area (Å²) in [7, 11) is 3.19. The van der Waals surface area contributed by atoms with Crippen LogP contribution in [0.2, 0.25) is 5.02 Å². The topological polar surface area (TPSA) is 88.5 Å². The smallest absolute Gasteiger partial charge is 0.293 e. The number of anilines is 3. The zero-order valence-corrected chi connectivity index (χ0v) is 18.9. The second-order valence-corrected chi connectivity index (χ2v) is 8.19. The summed E-state index contributed by atoms with van der Waals surface area (Å²) in [5.74, 6) is 1.29. The third kappa shape index (κ3) is 4.65. The highest BCUT2D eigenvalue weighted by Crippen LogP contribution is 2.29. The quantitative estimate of drug-likeness (QED) is 0.592. The van der Waals surface area contributed by atoms with Gasteiger partial charge in [0.2, 0.25) is 0 Å². The summed E-state index contributed by atoms with van der Waals surface area (Å²) in [5.41, 5.74) is 1.22. The second-order valence-electron chi connectivity index (χ2n) is 7.78. The van der Waals surface area contributed by atoms with Crippen molar-refractivity contribution in [3.63, 3.8) is 0 Å². The molecule has 1 fully saturated rings. The number of aromatic nitrogens is 2. The molecule has 1 aromatic carbocycles. The van der Waals surface area contributed by atoms with Crippen LogP contribution in [0, 0.1) is 0 Å². The van der Waals surface area contributed by atoms with E-state index in [0.717, 1.165) is 35.5 Å². The minimum atomic E-state index is -0.308. The van der Waals surface area contributed by atoms with Crippen LogP contribution in [-0.2, 0) is 11.8 Å². The van der Waals surface area contributed by atoms with Crippen molar-refractivity contribution in [1.82, 2.24) is 14.9 Å². The molecule has 1 aliphatic heterocycles. The largest absolute Gasteiger partial charge is 0.478 e. The van der Waals surface area contributed by atoms with Gasteiger partial charge in [-0.1, -0.05) is 11.6 Å². The van der Waals surface area contributed by atoms with Gasteiger partial charge in [-0.3, -0.25) is 9.59 Å². The lowest BCUT2D eigenvalue weighted by atomic mass is 10.1. The number of nitrogens with one attached hydrogen (secondary N) is 2. The van der Waals surface area contributed by atoms with Crippen molar-refractivity contribution < 1.29 is 9.53 Å². The van der Waals surface area contributed by atoms with Gasteiger partial charge in [0, 0.05) is 38.3 Å². The molecule has 1 saturated heterocycles. The number of likely N-dealkylation sites (N-methyl/N-ethyl adjacent to an activating group) is 1. The van der Waals surface area contributed by atoms with Gasteiger partial charge in [-0.25, -0.2) is 4.98 Å². The predicted octanol–water partition coefficient (Wildman–Crippen LogP) is 3.45. The summed E-state index contributed by atoms with van der Waals surface area (Å²) < 4.78 is 6.93. The maximum absolute atomic E-state index is 12.6. The molecule has 2 N–H and O–H groups in total. The fraction of sp³-hybridized carbons (Fsp3) is 0.348. The standard InChI is InChI=1S/C23H26ClN5O3/c1-25-21(30)14-32-19-13-15-12-16(6-8-18(15)28(2)23(19)31)26-22-17(24)7-9-20(27-22)29-10-4-3-5-11-29/h6-9,12-13H,3-5,10-11,14H2,1-2H3,(H,25,30)(H,26,27). The number of fused-ring (bicyclic) bond motifs is 1. The van der Waals surface area contributed by atoms with Gasteiger partial charge < -0.3 is 24.8 Å². The first kappa shape index (κ1) is 22.0. The Balaban J connectivity index is 1.63. The van der Waals surface area contributed by atoms with Crippen LogP contribution >= 0.6 is 11.6 Å².